The lowest BCUT2D eigenvalue weighted by atomic mass is 9.72. The fourth-order valence-corrected chi connectivity index (χ4v) is 2.61. The van der Waals surface area contributed by atoms with Gasteiger partial charge in [-0.1, -0.05) is 0 Å². The van der Waals surface area contributed by atoms with E-state index in [2.05, 4.69) is 9.47 Å². The van der Waals surface area contributed by atoms with Gasteiger partial charge in [0.2, 0.25) is 0 Å². The summed E-state index contributed by atoms with van der Waals surface area (Å²) < 4.78 is 88.8. The zero-order valence-electron chi connectivity index (χ0n) is 11.4. The standard InChI is InChI=1S/C12H16F6O3/c1-20-11(15,16)8-3-7(10(13,14)6-19)4-9(5-8)12(17,18)21-2/h6-9H,3-5H2,1-2H3. The van der Waals surface area contributed by atoms with Crippen LogP contribution >= 0.6 is 0 Å². The Morgan fingerprint density at radius 2 is 1.14 bits per heavy atom. The molecule has 1 saturated carbocycles. The Morgan fingerprint density at radius 3 is 1.43 bits per heavy atom. The van der Waals surface area contributed by atoms with Crippen LogP contribution in [-0.2, 0) is 14.3 Å². The summed E-state index contributed by atoms with van der Waals surface area (Å²) in [5.74, 6) is -9.57. The molecule has 0 spiro atoms. The van der Waals surface area contributed by atoms with Crippen molar-refractivity contribution in [2.45, 2.75) is 37.4 Å². The van der Waals surface area contributed by atoms with Gasteiger partial charge in [0.25, 0.3) is 0 Å². The molecule has 0 heterocycles. The Bertz CT molecular complexity index is 350. The molecule has 0 radical (unpaired) electrons. The van der Waals surface area contributed by atoms with Gasteiger partial charge in [-0.25, -0.2) is 0 Å². The van der Waals surface area contributed by atoms with E-state index in [1.54, 1.807) is 0 Å². The van der Waals surface area contributed by atoms with E-state index < -0.39 is 61.4 Å². The summed E-state index contributed by atoms with van der Waals surface area (Å²) in [6, 6.07) is 0. The number of hydrogen-bond donors (Lipinski definition) is 0. The van der Waals surface area contributed by atoms with Crippen molar-refractivity contribution in [2.75, 3.05) is 14.2 Å². The highest BCUT2D eigenvalue weighted by Gasteiger charge is 2.56. The zero-order valence-corrected chi connectivity index (χ0v) is 11.4. The predicted octanol–water partition coefficient (Wildman–Crippen LogP) is 3.33. The van der Waals surface area contributed by atoms with Crippen molar-refractivity contribution >= 4 is 6.29 Å². The molecule has 9 heteroatoms. The molecule has 0 aromatic carbocycles. The van der Waals surface area contributed by atoms with Gasteiger partial charge in [-0.3, -0.25) is 4.79 Å². The first kappa shape index (κ1) is 18.2. The molecule has 0 N–H and O–H groups in total. The van der Waals surface area contributed by atoms with Crippen LogP contribution in [0.1, 0.15) is 19.3 Å². The average Bonchev–Trinajstić information content (AvgIpc) is 2.46. The van der Waals surface area contributed by atoms with E-state index >= 15 is 0 Å². The maximum absolute atomic E-state index is 13.5. The van der Waals surface area contributed by atoms with E-state index in [0.29, 0.717) is 14.2 Å². The van der Waals surface area contributed by atoms with E-state index in [1.165, 1.54) is 0 Å². The summed E-state index contributed by atoms with van der Waals surface area (Å²) in [6.45, 7) is 0. The lowest BCUT2D eigenvalue weighted by Gasteiger charge is -2.40. The minimum atomic E-state index is -3.95. The molecule has 0 aromatic rings. The Morgan fingerprint density at radius 1 is 0.810 bits per heavy atom. The molecule has 2 unspecified atom stereocenters. The number of carbonyl (C=O) groups is 1. The summed E-state index contributed by atoms with van der Waals surface area (Å²) >= 11 is 0. The first-order valence-electron chi connectivity index (χ1n) is 6.20. The minimum Gasteiger partial charge on any atom is -0.324 e. The van der Waals surface area contributed by atoms with Crippen LogP contribution in [0.25, 0.3) is 0 Å². The fourth-order valence-electron chi connectivity index (χ4n) is 2.61. The number of methoxy groups -OCH3 is 2. The van der Waals surface area contributed by atoms with E-state index in [0.717, 1.165) is 0 Å². The van der Waals surface area contributed by atoms with E-state index in [1.807, 2.05) is 0 Å². The van der Waals surface area contributed by atoms with Crippen molar-refractivity contribution in [3.63, 3.8) is 0 Å². The third kappa shape index (κ3) is 3.88. The van der Waals surface area contributed by atoms with Crippen LogP contribution in [0.4, 0.5) is 26.3 Å². The Labute approximate surface area is 117 Å². The molecule has 1 aliphatic rings. The highest BCUT2D eigenvalue weighted by molar-refractivity contribution is 5.60. The van der Waals surface area contributed by atoms with Crippen molar-refractivity contribution in [1.29, 1.82) is 0 Å². The molecular weight excluding hydrogens is 306 g/mol. The Kier molecular flexibility index (Phi) is 5.31. The Hall–Kier alpha value is -0.830. The van der Waals surface area contributed by atoms with Crippen molar-refractivity contribution in [3.8, 4) is 0 Å². The monoisotopic (exact) mass is 322 g/mol. The van der Waals surface area contributed by atoms with Crippen LogP contribution in [0.5, 0.6) is 0 Å². The predicted molar refractivity (Wildman–Crippen MR) is 59.2 cm³/mol. The minimum absolute atomic E-state index is 0.658. The van der Waals surface area contributed by atoms with Gasteiger partial charge >= 0.3 is 18.1 Å². The average molecular weight is 322 g/mol. The van der Waals surface area contributed by atoms with E-state index in [-0.39, 0.29) is 0 Å². The molecule has 1 aliphatic carbocycles. The normalized spacial score (nSPS) is 28.5. The Balaban J connectivity index is 3.07. The highest BCUT2D eigenvalue weighted by atomic mass is 19.3. The second-order valence-electron chi connectivity index (χ2n) is 5.12. The van der Waals surface area contributed by atoms with Gasteiger partial charge in [0.1, 0.15) is 0 Å². The number of hydrogen-bond acceptors (Lipinski definition) is 3. The number of aldehydes is 1. The van der Waals surface area contributed by atoms with Crippen molar-refractivity contribution in [2.24, 2.45) is 17.8 Å². The maximum Gasteiger partial charge on any atom is 0.358 e. The summed E-state index contributed by atoms with van der Waals surface area (Å²) in [4.78, 5) is 10.4. The number of carbonyl (C=O) groups excluding carboxylic acids is 1. The van der Waals surface area contributed by atoms with Gasteiger partial charge < -0.3 is 9.47 Å². The van der Waals surface area contributed by atoms with Gasteiger partial charge in [-0.15, -0.1) is 0 Å². The van der Waals surface area contributed by atoms with Gasteiger partial charge in [-0.2, -0.15) is 26.3 Å². The van der Waals surface area contributed by atoms with Crippen LogP contribution in [0.15, 0.2) is 0 Å². The van der Waals surface area contributed by atoms with Crippen molar-refractivity contribution < 1.29 is 40.6 Å². The lowest BCUT2D eigenvalue weighted by Crippen LogP contribution is -2.47. The van der Waals surface area contributed by atoms with Crippen LogP contribution in [0.3, 0.4) is 0 Å². The molecule has 0 aromatic heterocycles. The molecule has 0 amide bonds. The van der Waals surface area contributed by atoms with Gasteiger partial charge in [0, 0.05) is 20.1 Å². The topological polar surface area (TPSA) is 35.5 Å². The summed E-state index contributed by atoms with van der Waals surface area (Å²) in [5, 5.41) is 0. The van der Waals surface area contributed by atoms with E-state index in [4.69, 9.17) is 0 Å². The third-order valence-corrected chi connectivity index (χ3v) is 3.90. The lowest BCUT2D eigenvalue weighted by molar-refractivity contribution is -0.303. The number of ether oxygens (including phenoxy) is 2. The van der Waals surface area contributed by atoms with Gasteiger partial charge in [-0.05, 0) is 19.3 Å². The molecule has 2 atom stereocenters. The quantitative estimate of drug-likeness (QED) is 0.556. The molecule has 3 nitrogen and oxygen atoms in total. The summed E-state index contributed by atoms with van der Waals surface area (Å²) in [5.41, 5.74) is 0. The second kappa shape index (κ2) is 6.12. The van der Waals surface area contributed by atoms with E-state index in [9.17, 15) is 31.1 Å². The van der Waals surface area contributed by atoms with Gasteiger partial charge in [0.15, 0.2) is 6.29 Å². The van der Waals surface area contributed by atoms with Crippen LogP contribution < -0.4 is 0 Å². The smallest absolute Gasteiger partial charge is 0.324 e. The van der Waals surface area contributed by atoms with Crippen LogP contribution in [-0.4, -0.2) is 38.6 Å². The molecule has 1 fully saturated rings. The largest absolute Gasteiger partial charge is 0.358 e. The van der Waals surface area contributed by atoms with Crippen molar-refractivity contribution in [1.82, 2.24) is 0 Å². The van der Waals surface area contributed by atoms with Crippen molar-refractivity contribution in [3.05, 3.63) is 0 Å². The molecule has 0 saturated heterocycles. The molecule has 0 bridgehead atoms. The summed E-state index contributed by atoms with van der Waals surface area (Å²) in [6.07, 6.45) is -10.7. The molecule has 124 valence electrons. The SMILES string of the molecule is COC(F)(F)C1CC(C(F)(F)C=O)CC(C(F)(F)OC)C1. The zero-order chi connectivity index (χ0) is 16.5. The maximum atomic E-state index is 13.5. The molecule has 1 rings (SSSR count). The van der Waals surface area contributed by atoms with Gasteiger partial charge in [0.05, 0.1) is 11.8 Å². The number of rotatable bonds is 6. The van der Waals surface area contributed by atoms with Crippen LogP contribution in [0, 0.1) is 17.8 Å². The van der Waals surface area contributed by atoms with Crippen LogP contribution in [0.2, 0.25) is 0 Å². The third-order valence-electron chi connectivity index (χ3n) is 3.90. The first-order chi connectivity index (χ1) is 9.50. The molecule has 21 heavy (non-hydrogen) atoms. The molecule has 0 aliphatic heterocycles. The second-order valence-corrected chi connectivity index (χ2v) is 5.12. The molecular formula is C12H16F6O3. The first-order valence-corrected chi connectivity index (χ1v) is 6.20. The highest BCUT2D eigenvalue weighted by Crippen LogP contribution is 2.50. The summed E-state index contributed by atoms with van der Waals surface area (Å²) in [7, 11) is 1.32. The number of halogens is 6. The fraction of sp³-hybridized carbons (Fsp3) is 0.917. The number of alkyl halides is 6.